The summed E-state index contributed by atoms with van der Waals surface area (Å²) in [5, 5.41) is 3.47. The molecule has 4 unspecified atom stereocenters. The quantitative estimate of drug-likeness (QED) is 0.656. The average molecular weight is 354 g/mol. The van der Waals surface area contributed by atoms with Crippen molar-refractivity contribution < 1.29 is 9.53 Å². The zero-order valence-corrected chi connectivity index (χ0v) is 15.2. The van der Waals surface area contributed by atoms with Crippen LogP contribution < -0.4 is 10.2 Å². The second-order valence-electron chi connectivity index (χ2n) is 7.85. The first-order chi connectivity index (χ1) is 12.7. The number of hydrogen-bond acceptors (Lipinski definition) is 3. The monoisotopic (exact) mass is 354 g/mol. The fourth-order valence-corrected chi connectivity index (χ4v) is 5.31. The molecule has 4 aliphatic rings. The Morgan fingerprint density at radius 3 is 2.69 bits per heavy atom. The minimum Gasteiger partial charge on any atom is -0.374 e. The van der Waals surface area contributed by atoms with Crippen molar-refractivity contribution >= 4 is 17.6 Å². The van der Waals surface area contributed by atoms with Crippen LogP contribution in [0.1, 0.15) is 18.4 Å². The molecule has 0 radical (unpaired) electrons. The van der Waals surface area contributed by atoms with E-state index in [0.29, 0.717) is 43.6 Å². The van der Waals surface area contributed by atoms with Crippen molar-refractivity contribution in [3.8, 4) is 0 Å². The number of carbonyl (C=O) groups is 1. The molecule has 0 saturated carbocycles. The molecule has 5 rings (SSSR count). The second kappa shape index (κ2) is 6.27. The fourth-order valence-electron chi connectivity index (χ4n) is 5.31. The number of guanidine groups is 1. The lowest BCUT2D eigenvalue weighted by Crippen LogP contribution is -2.44. The van der Waals surface area contributed by atoms with Gasteiger partial charge in [-0.25, -0.2) is 0 Å². The number of para-hydroxylation sites is 1. The summed E-state index contributed by atoms with van der Waals surface area (Å²) >= 11 is 0. The van der Waals surface area contributed by atoms with E-state index in [1.54, 1.807) is 0 Å². The van der Waals surface area contributed by atoms with E-state index in [1.807, 2.05) is 36.2 Å². The van der Waals surface area contributed by atoms with Gasteiger partial charge in [0.15, 0.2) is 5.96 Å². The van der Waals surface area contributed by atoms with Crippen LogP contribution in [0.2, 0.25) is 0 Å². The van der Waals surface area contributed by atoms with Gasteiger partial charge in [0.05, 0.1) is 18.6 Å². The summed E-state index contributed by atoms with van der Waals surface area (Å²) in [6, 6.07) is 8.07. The Labute approximate surface area is 154 Å². The molecule has 4 aliphatic heterocycles. The molecule has 4 atom stereocenters. The number of hydrogen-bond donors (Lipinski definition) is 1. The van der Waals surface area contributed by atoms with Crippen LogP contribution in [0.3, 0.4) is 0 Å². The number of nitrogens with zero attached hydrogens (tertiary/aromatic N) is 3. The van der Waals surface area contributed by atoms with Crippen molar-refractivity contribution in [3.63, 3.8) is 0 Å². The molecule has 2 bridgehead atoms. The van der Waals surface area contributed by atoms with Gasteiger partial charge in [-0.2, -0.15) is 0 Å². The molecule has 0 aliphatic carbocycles. The largest absolute Gasteiger partial charge is 0.374 e. The van der Waals surface area contributed by atoms with Gasteiger partial charge >= 0.3 is 0 Å². The lowest BCUT2D eigenvalue weighted by atomic mass is 9.82. The molecule has 4 heterocycles. The number of rotatable bonds is 3. The minimum absolute atomic E-state index is 0.187. The molecular weight excluding hydrogens is 328 g/mol. The smallest absolute Gasteiger partial charge is 0.231 e. The van der Waals surface area contributed by atoms with Gasteiger partial charge in [0, 0.05) is 50.7 Å². The third-order valence-electron chi connectivity index (χ3n) is 6.51. The van der Waals surface area contributed by atoms with E-state index < -0.39 is 0 Å². The maximum atomic E-state index is 12.3. The molecule has 26 heavy (non-hydrogen) atoms. The number of amides is 1. The first kappa shape index (κ1) is 16.1. The predicted octanol–water partition coefficient (Wildman–Crippen LogP) is 1.26. The molecule has 0 spiro atoms. The van der Waals surface area contributed by atoms with E-state index in [4.69, 9.17) is 4.74 Å². The van der Waals surface area contributed by atoms with Gasteiger partial charge in [-0.05, 0) is 24.5 Å². The summed E-state index contributed by atoms with van der Waals surface area (Å²) in [6.07, 6.45) is 3.90. The highest BCUT2D eigenvalue weighted by molar-refractivity contribution is 6.01. The van der Waals surface area contributed by atoms with E-state index in [1.165, 1.54) is 12.8 Å². The standard InChI is InChI=1S/C20H26N4O2/c1-21-20(23-11-14-15(12-23)18-7-6-17(14)26-18)22-8-9-24-16-5-3-2-4-13(16)10-19(24)25/h2-5,14-15,17-18H,6-12H2,1H3,(H,21,22). The number of likely N-dealkylation sites (tertiary alicyclic amines) is 1. The Balaban J connectivity index is 1.19. The molecule has 1 aromatic rings. The molecular formula is C20H26N4O2. The van der Waals surface area contributed by atoms with Gasteiger partial charge in [0.1, 0.15) is 0 Å². The van der Waals surface area contributed by atoms with Gasteiger partial charge in [-0.15, -0.1) is 0 Å². The van der Waals surface area contributed by atoms with Crippen LogP contribution in [0.5, 0.6) is 0 Å². The van der Waals surface area contributed by atoms with Crippen LogP contribution in [0, 0.1) is 11.8 Å². The Morgan fingerprint density at radius 1 is 1.23 bits per heavy atom. The van der Waals surface area contributed by atoms with Crippen LogP contribution in [0.25, 0.3) is 0 Å². The van der Waals surface area contributed by atoms with Crippen LogP contribution in [-0.2, 0) is 16.0 Å². The second-order valence-corrected chi connectivity index (χ2v) is 7.85. The van der Waals surface area contributed by atoms with Crippen LogP contribution >= 0.6 is 0 Å². The number of nitrogens with one attached hydrogen (secondary N) is 1. The zero-order valence-electron chi connectivity index (χ0n) is 15.2. The molecule has 6 heteroatoms. The molecule has 0 aromatic heterocycles. The Hall–Kier alpha value is -2.08. The SMILES string of the molecule is CN=C(NCCN1C(=O)Cc2ccccc21)N1CC2C3CCC(O3)C2C1. The summed E-state index contributed by atoms with van der Waals surface area (Å²) in [5.41, 5.74) is 2.18. The number of fused-ring (bicyclic) bond motifs is 6. The van der Waals surface area contributed by atoms with Crippen LogP contribution in [0.15, 0.2) is 29.3 Å². The van der Waals surface area contributed by atoms with Gasteiger partial charge in [0.2, 0.25) is 5.91 Å². The third-order valence-corrected chi connectivity index (χ3v) is 6.51. The Morgan fingerprint density at radius 2 is 1.96 bits per heavy atom. The summed E-state index contributed by atoms with van der Waals surface area (Å²) in [4.78, 5) is 21.0. The van der Waals surface area contributed by atoms with Crippen molar-refractivity contribution in [1.29, 1.82) is 0 Å². The number of carbonyl (C=O) groups excluding carboxylic acids is 1. The highest BCUT2D eigenvalue weighted by Gasteiger charge is 2.53. The van der Waals surface area contributed by atoms with E-state index in [2.05, 4.69) is 15.2 Å². The summed E-state index contributed by atoms with van der Waals surface area (Å²) in [7, 11) is 1.85. The third kappa shape index (κ3) is 2.50. The highest BCUT2D eigenvalue weighted by Crippen LogP contribution is 2.47. The zero-order chi connectivity index (χ0) is 17.7. The fraction of sp³-hybridized carbons (Fsp3) is 0.600. The van der Waals surface area contributed by atoms with Crippen LogP contribution in [0.4, 0.5) is 5.69 Å². The minimum atomic E-state index is 0.187. The topological polar surface area (TPSA) is 57.2 Å². The molecule has 1 N–H and O–H groups in total. The van der Waals surface area contributed by atoms with Gasteiger partial charge < -0.3 is 19.9 Å². The van der Waals surface area contributed by atoms with Gasteiger partial charge in [-0.1, -0.05) is 18.2 Å². The normalized spacial score (nSPS) is 32.3. The number of anilines is 1. The van der Waals surface area contributed by atoms with E-state index in [0.717, 1.165) is 30.3 Å². The molecule has 3 fully saturated rings. The molecule has 1 aromatic carbocycles. The Bertz CT molecular complexity index is 731. The summed E-state index contributed by atoms with van der Waals surface area (Å²) in [6.45, 7) is 3.46. The van der Waals surface area contributed by atoms with Gasteiger partial charge in [-0.3, -0.25) is 9.79 Å². The maximum absolute atomic E-state index is 12.3. The first-order valence-corrected chi connectivity index (χ1v) is 9.74. The molecule has 138 valence electrons. The van der Waals surface area contributed by atoms with Crippen molar-refractivity contribution in [2.45, 2.75) is 31.5 Å². The summed E-state index contributed by atoms with van der Waals surface area (Å²) < 4.78 is 6.06. The lowest BCUT2D eigenvalue weighted by molar-refractivity contribution is -0.117. The average Bonchev–Trinajstić information content (AvgIpc) is 3.39. The van der Waals surface area contributed by atoms with Crippen molar-refractivity contribution in [2.24, 2.45) is 16.8 Å². The number of ether oxygens (including phenoxy) is 1. The summed E-state index contributed by atoms with van der Waals surface area (Å²) in [5.74, 6) is 2.48. The maximum Gasteiger partial charge on any atom is 0.231 e. The molecule has 1 amide bonds. The van der Waals surface area contributed by atoms with E-state index >= 15 is 0 Å². The Kier molecular flexibility index (Phi) is 3.89. The predicted molar refractivity (Wildman–Crippen MR) is 100 cm³/mol. The molecule has 6 nitrogen and oxygen atoms in total. The number of aliphatic imine (C=N–C) groups is 1. The highest BCUT2D eigenvalue weighted by atomic mass is 16.5. The van der Waals surface area contributed by atoms with E-state index in [9.17, 15) is 4.79 Å². The van der Waals surface area contributed by atoms with Gasteiger partial charge in [0.25, 0.3) is 0 Å². The molecule has 3 saturated heterocycles. The van der Waals surface area contributed by atoms with Crippen LogP contribution in [-0.4, -0.2) is 62.2 Å². The van der Waals surface area contributed by atoms with Crippen molar-refractivity contribution in [3.05, 3.63) is 29.8 Å². The first-order valence-electron chi connectivity index (χ1n) is 9.74. The van der Waals surface area contributed by atoms with Crippen molar-refractivity contribution in [1.82, 2.24) is 10.2 Å². The lowest BCUT2D eigenvalue weighted by Gasteiger charge is -2.25. The van der Waals surface area contributed by atoms with Crippen molar-refractivity contribution in [2.75, 3.05) is 38.1 Å². The van der Waals surface area contributed by atoms with E-state index in [-0.39, 0.29) is 5.91 Å². The number of benzene rings is 1.